The molecule has 0 spiro atoms. The van der Waals surface area contributed by atoms with Crippen LogP contribution in [0.4, 0.5) is 23.7 Å². The lowest BCUT2D eigenvalue weighted by Crippen LogP contribution is -2.31. The highest BCUT2D eigenvalue weighted by Crippen LogP contribution is 2.35. The van der Waals surface area contributed by atoms with E-state index in [1.165, 1.54) is 16.5 Å². The molecule has 182 valence electrons. The maximum absolute atomic E-state index is 12.9. The van der Waals surface area contributed by atoms with Crippen molar-refractivity contribution in [3.8, 4) is 0 Å². The van der Waals surface area contributed by atoms with Crippen LogP contribution in [0.15, 0.2) is 65.4 Å². The molecule has 9 heteroatoms. The van der Waals surface area contributed by atoms with E-state index in [4.69, 9.17) is 0 Å². The van der Waals surface area contributed by atoms with Crippen molar-refractivity contribution in [2.45, 2.75) is 25.4 Å². The number of aryl methyl sites for hydroxylation is 1. The lowest BCUT2D eigenvalue weighted by atomic mass is 9.90. The van der Waals surface area contributed by atoms with Crippen LogP contribution in [0, 0.1) is 0 Å². The highest BCUT2D eigenvalue weighted by molar-refractivity contribution is 6.03. The normalized spacial score (nSPS) is 18.7. The summed E-state index contributed by atoms with van der Waals surface area (Å²) in [5.41, 5.74) is 4.45. The van der Waals surface area contributed by atoms with Crippen molar-refractivity contribution in [1.29, 1.82) is 0 Å². The SMILES string of the molecule is Cn1c2c(c3ccc(N4C=CC(C5=CC=C(C(F)(F)F)CC5=O)=CC4)cc31)CCN(C(=O)O)CC2. The summed E-state index contributed by atoms with van der Waals surface area (Å²) in [6.07, 6.45) is 3.00. The van der Waals surface area contributed by atoms with Gasteiger partial charge >= 0.3 is 12.3 Å². The summed E-state index contributed by atoms with van der Waals surface area (Å²) in [6.45, 7) is 1.42. The zero-order valence-electron chi connectivity index (χ0n) is 19.1. The molecule has 1 aromatic carbocycles. The number of halogens is 3. The summed E-state index contributed by atoms with van der Waals surface area (Å²) < 4.78 is 40.8. The summed E-state index contributed by atoms with van der Waals surface area (Å²) in [5.74, 6) is -0.530. The Morgan fingerprint density at radius 1 is 1.11 bits per heavy atom. The second-order valence-corrected chi connectivity index (χ2v) is 8.95. The Labute approximate surface area is 199 Å². The second kappa shape index (κ2) is 8.48. The number of nitrogens with zero attached hydrogens (tertiary/aromatic N) is 3. The van der Waals surface area contributed by atoms with Gasteiger partial charge in [-0.3, -0.25) is 4.79 Å². The Bertz CT molecular complexity index is 1360. The summed E-state index contributed by atoms with van der Waals surface area (Å²) >= 11 is 0. The number of allylic oxidation sites excluding steroid dienone is 6. The molecule has 3 heterocycles. The highest BCUT2D eigenvalue weighted by Gasteiger charge is 2.36. The van der Waals surface area contributed by atoms with Gasteiger partial charge in [0, 0.05) is 73.6 Å². The van der Waals surface area contributed by atoms with Gasteiger partial charge in [-0.15, -0.1) is 0 Å². The first kappa shape index (κ1) is 23.0. The highest BCUT2D eigenvalue weighted by atomic mass is 19.4. The van der Waals surface area contributed by atoms with Crippen LogP contribution in [-0.4, -0.2) is 52.3 Å². The average Bonchev–Trinajstić information content (AvgIpc) is 2.96. The number of hydrogen-bond acceptors (Lipinski definition) is 3. The summed E-state index contributed by atoms with van der Waals surface area (Å²) in [4.78, 5) is 27.2. The minimum atomic E-state index is -4.49. The Balaban J connectivity index is 1.37. The van der Waals surface area contributed by atoms with Crippen LogP contribution in [0.5, 0.6) is 0 Å². The smallest absolute Gasteiger partial charge is 0.413 e. The molecule has 0 fully saturated rings. The molecule has 6 nitrogen and oxygen atoms in total. The first-order chi connectivity index (χ1) is 16.6. The van der Waals surface area contributed by atoms with E-state index in [0.717, 1.165) is 28.4 Å². The molecule has 0 radical (unpaired) electrons. The van der Waals surface area contributed by atoms with Crippen molar-refractivity contribution in [3.05, 3.63) is 76.7 Å². The molecule has 5 rings (SSSR count). The van der Waals surface area contributed by atoms with Gasteiger partial charge in [-0.25, -0.2) is 4.79 Å². The van der Waals surface area contributed by atoms with Crippen LogP contribution < -0.4 is 4.90 Å². The molecule has 0 atom stereocenters. The Morgan fingerprint density at radius 3 is 2.54 bits per heavy atom. The zero-order chi connectivity index (χ0) is 24.9. The van der Waals surface area contributed by atoms with E-state index in [1.54, 1.807) is 6.08 Å². The fourth-order valence-electron chi connectivity index (χ4n) is 5.07. The van der Waals surface area contributed by atoms with Gasteiger partial charge in [0.2, 0.25) is 0 Å². The van der Waals surface area contributed by atoms with Gasteiger partial charge in [0.05, 0.1) is 5.52 Å². The van der Waals surface area contributed by atoms with Gasteiger partial charge < -0.3 is 19.5 Å². The Kier molecular flexibility index (Phi) is 5.57. The van der Waals surface area contributed by atoms with Crippen LogP contribution in [0.2, 0.25) is 0 Å². The van der Waals surface area contributed by atoms with Gasteiger partial charge in [0.1, 0.15) is 0 Å². The number of alkyl halides is 3. The molecule has 0 unspecified atom stereocenters. The largest absolute Gasteiger partial charge is 0.465 e. The second-order valence-electron chi connectivity index (χ2n) is 8.95. The van der Waals surface area contributed by atoms with E-state index in [0.29, 0.717) is 43.6 Å². The predicted molar refractivity (Wildman–Crippen MR) is 126 cm³/mol. The molecule has 1 aliphatic carbocycles. The Morgan fingerprint density at radius 2 is 1.89 bits per heavy atom. The number of carbonyl (C=O) groups excluding carboxylic acids is 1. The fourth-order valence-corrected chi connectivity index (χ4v) is 5.07. The number of benzene rings is 1. The monoisotopic (exact) mass is 483 g/mol. The molecular formula is C26H24F3N3O3. The van der Waals surface area contributed by atoms with E-state index in [-0.39, 0.29) is 0 Å². The molecule has 3 aliphatic rings. The molecule has 0 saturated carbocycles. The lowest BCUT2D eigenvalue weighted by molar-refractivity contribution is -0.120. The van der Waals surface area contributed by atoms with E-state index in [9.17, 15) is 27.9 Å². The predicted octanol–water partition coefficient (Wildman–Crippen LogP) is 4.90. The number of ketones is 1. The molecule has 1 amide bonds. The summed E-state index contributed by atoms with van der Waals surface area (Å²) in [6, 6.07) is 6.16. The Hall–Kier alpha value is -3.75. The number of anilines is 1. The fraction of sp³-hybridized carbons (Fsp3) is 0.308. The van der Waals surface area contributed by atoms with E-state index in [1.807, 2.05) is 30.3 Å². The number of aromatic nitrogens is 1. The molecule has 1 N–H and O–H groups in total. The van der Waals surface area contributed by atoms with Crippen molar-refractivity contribution in [2.75, 3.05) is 24.5 Å². The topological polar surface area (TPSA) is 65.8 Å². The molecule has 2 aliphatic heterocycles. The number of fused-ring (bicyclic) bond motifs is 3. The molecule has 35 heavy (non-hydrogen) atoms. The van der Waals surface area contributed by atoms with Crippen molar-refractivity contribution < 1.29 is 27.9 Å². The molecule has 0 saturated heterocycles. The van der Waals surface area contributed by atoms with E-state index in [2.05, 4.69) is 16.7 Å². The maximum atomic E-state index is 12.9. The van der Waals surface area contributed by atoms with Crippen LogP contribution in [0.1, 0.15) is 17.7 Å². The van der Waals surface area contributed by atoms with E-state index >= 15 is 0 Å². The number of amides is 1. The molecule has 1 aromatic heterocycles. The molecular weight excluding hydrogens is 459 g/mol. The number of rotatable bonds is 2. The van der Waals surface area contributed by atoms with Gasteiger partial charge in [-0.05, 0) is 35.8 Å². The number of carboxylic acid groups (broad SMARTS) is 1. The molecule has 2 aromatic rings. The van der Waals surface area contributed by atoms with Gasteiger partial charge in [-0.2, -0.15) is 13.2 Å². The number of hydrogen-bond donors (Lipinski definition) is 1. The summed E-state index contributed by atoms with van der Waals surface area (Å²) in [7, 11) is 2.00. The van der Waals surface area contributed by atoms with Gasteiger partial charge in [0.15, 0.2) is 5.78 Å². The maximum Gasteiger partial charge on any atom is 0.413 e. The van der Waals surface area contributed by atoms with Gasteiger partial charge in [0.25, 0.3) is 0 Å². The quantitative estimate of drug-likeness (QED) is 0.660. The third kappa shape index (κ3) is 4.15. The third-order valence-corrected chi connectivity index (χ3v) is 6.99. The first-order valence-corrected chi connectivity index (χ1v) is 11.4. The van der Waals surface area contributed by atoms with Crippen molar-refractivity contribution in [1.82, 2.24) is 9.47 Å². The summed E-state index contributed by atoms with van der Waals surface area (Å²) in [5, 5.41) is 10.4. The van der Waals surface area contributed by atoms with Crippen LogP contribution in [0.3, 0.4) is 0 Å². The van der Waals surface area contributed by atoms with E-state index < -0.39 is 30.0 Å². The van der Waals surface area contributed by atoms with Crippen LogP contribution in [-0.2, 0) is 24.7 Å². The average molecular weight is 483 g/mol. The van der Waals surface area contributed by atoms with Crippen LogP contribution in [0.25, 0.3) is 10.9 Å². The minimum Gasteiger partial charge on any atom is -0.465 e. The standard InChI is InChI=1S/C26H24F3N3O3/c1-30-22-9-13-32(25(34)35)12-8-21(22)20-5-3-18(15-23(20)30)31-10-6-16(7-11-31)19-4-2-17(14-24(19)33)26(27,28)29/h2-7,10,15H,8-9,11-14H2,1H3,(H,34,35). The lowest BCUT2D eigenvalue weighted by Gasteiger charge is -2.24. The third-order valence-electron chi connectivity index (χ3n) is 6.99. The minimum absolute atomic E-state index is 0.297. The van der Waals surface area contributed by atoms with Crippen molar-refractivity contribution in [3.63, 3.8) is 0 Å². The molecule has 0 bridgehead atoms. The zero-order valence-corrected chi connectivity index (χ0v) is 19.1. The van der Waals surface area contributed by atoms with Crippen molar-refractivity contribution >= 4 is 28.5 Å². The number of carbonyl (C=O) groups is 2. The van der Waals surface area contributed by atoms with Crippen LogP contribution >= 0.6 is 0 Å². The number of Topliss-reactive ketones (excluding diaryl/α,β-unsaturated/α-hetero) is 1. The van der Waals surface area contributed by atoms with Gasteiger partial charge in [-0.1, -0.05) is 24.3 Å². The first-order valence-electron chi connectivity index (χ1n) is 11.4. The van der Waals surface area contributed by atoms with Crippen molar-refractivity contribution in [2.24, 2.45) is 7.05 Å².